The van der Waals surface area contributed by atoms with Crippen LogP contribution in [0.3, 0.4) is 0 Å². The van der Waals surface area contributed by atoms with Crippen LogP contribution in [0, 0.1) is 34.5 Å². The van der Waals surface area contributed by atoms with Crippen molar-refractivity contribution in [1.29, 1.82) is 0 Å². The van der Waals surface area contributed by atoms with E-state index in [1.165, 1.54) is 44.9 Å². The third kappa shape index (κ3) is 1.85. The average molecular weight is 288 g/mol. The summed E-state index contributed by atoms with van der Waals surface area (Å²) >= 11 is 0. The maximum absolute atomic E-state index is 10.5. The molecular weight excluding hydrogens is 256 g/mol. The smallest absolute Gasteiger partial charge is 0.0596 e. The van der Waals surface area contributed by atoms with Gasteiger partial charge in [-0.1, -0.05) is 32.4 Å². The largest absolute Gasteiger partial charge is 0.393 e. The van der Waals surface area contributed by atoms with E-state index >= 15 is 0 Å². The van der Waals surface area contributed by atoms with Gasteiger partial charge in [-0.05, 0) is 85.9 Å². The standard InChI is InChI=1S/C20H32O/c1-13-8-10-19(2)14(12-13)4-5-15-16-6-7-18(21)20(16,3)11-9-17(15)19/h4,13,15-18,21H,5-12H2,1-3H3/t13-,15?,16?,17?,18+,19-,20-/m0/s1. The molecule has 0 bridgehead atoms. The number of aliphatic hydroxyl groups excluding tert-OH is 1. The molecule has 0 amide bonds. The second-order valence-electron chi connectivity index (χ2n) is 9.24. The van der Waals surface area contributed by atoms with Gasteiger partial charge in [-0.25, -0.2) is 0 Å². The summed E-state index contributed by atoms with van der Waals surface area (Å²) in [5, 5.41) is 10.5. The Hall–Kier alpha value is -0.300. The van der Waals surface area contributed by atoms with Gasteiger partial charge in [0.15, 0.2) is 0 Å². The molecule has 0 heterocycles. The van der Waals surface area contributed by atoms with Gasteiger partial charge in [0, 0.05) is 0 Å². The highest BCUT2D eigenvalue weighted by Crippen LogP contribution is 2.65. The summed E-state index contributed by atoms with van der Waals surface area (Å²) in [4.78, 5) is 0. The van der Waals surface area contributed by atoms with Crippen molar-refractivity contribution < 1.29 is 5.11 Å². The molecule has 3 saturated carbocycles. The van der Waals surface area contributed by atoms with E-state index < -0.39 is 0 Å². The lowest BCUT2D eigenvalue weighted by Crippen LogP contribution is -2.50. The van der Waals surface area contributed by atoms with Crippen molar-refractivity contribution in [1.82, 2.24) is 0 Å². The maximum atomic E-state index is 10.5. The van der Waals surface area contributed by atoms with Crippen molar-refractivity contribution in [2.75, 3.05) is 0 Å². The fourth-order valence-corrected chi connectivity index (χ4v) is 6.82. The number of fused-ring (bicyclic) bond motifs is 5. The molecule has 0 aromatic rings. The molecule has 1 heteroatoms. The Kier molecular flexibility index (Phi) is 3.13. The highest BCUT2D eigenvalue weighted by atomic mass is 16.3. The summed E-state index contributed by atoms with van der Waals surface area (Å²) in [6.07, 6.45) is 13.0. The van der Waals surface area contributed by atoms with Gasteiger partial charge < -0.3 is 5.11 Å². The van der Waals surface area contributed by atoms with Crippen molar-refractivity contribution in [2.45, 2.75) is 78.2 Å². The molecule has 0 spiro atoms. The summed E-state index contributed by atoms with van der Waals surface area (Å²) in [7, 11) is 0. The zero-order valence-corrected chi connectivity index (χ0v) is 14.1. The summed E-state index contributed by atoms with van der Waals surface area (Å²) in [5.74, 6) is 3.42. The molecule has 0 aliphatic heterocycles. The molecule has 118 valence electrons. The monoisotopic (exact) mass is 288 g/mol. The van der Waals surface area contributed by atoms with E-state index in [2.05, 4.69) is 26.8 Å². The van der Waals surface area contributed by atoms with Crippen molar-refractivity contribution in [3.8, 4) is 0 Å². The van der Waals surface area contributed by atoms with Gasteiger partial charge in [0.2, 0.25) is 0 Å². The number of aliphatic hydroxyl groups is 1. The summed E-state index contributed by atoms with van der Waals surface area (Å²) < 4.78 is 0. The molecule has 3 fully saturated rings. The molecule has 4 aliphatic rings. The highest BCUT2D eigenvalue weighted by Gasteiger charge is 2.58. The lowest BCUT2D eigenvalue weighted by Gasteiger charge is -2.57. The van der Waals surface area contributed by atoms with Crippen LogP contribution >= 0.6 is 0 Å². The Bertz CT molecular complexity index is 466. The minimum absolute atomic E-state index is 0.0342. The van der Waals surface area contributed by atoms with Gasteiger partial charge in [0.25, 0.3) is 0 Å². The molecular formula is C20H32O. The molecule has 0 saturated heterocycles. The van der Waals surface area contributed by atoms with E-state index in [1.54, 1.807) is 5.57 Å². The Morgan fingerprint density at radius 2 is 1.86 bits per heavy atom. The number of allylic oxidation sites excluding steroid dienone is 2. The normalized spacial score (nSPS) is 56.2. The van der Waals surface area contributed by atoms with Crippen molar-refractivity contribution >= 4 is 0 Å². The molecule has 0 aromatic carbocycles. The molecule has 1 nitrogen and oxygen atoms in total. The topological polar surface area (TPSA) is 20.2 Å². The highest BCUT2D eigenvalue weighted by molar-refractivity contribution is 5.25. The van der Waals surface area contributed by atoms with Crippen molar-refractivity contribution in [2.24, 2.45) is 34.5 Å². The zero-order chi connectivity index (χ0) is 14.8. The lowest BCUT2D eigenvalue weighted by molar-refractivity contribution is -0.0677. The summed E-state index contributed by atoms with van der Waals surface area (Å²) in [6.45, 7) is 7.39. The van der Waals surface area contributed by atoms with Crippen LogP contribution in [0.15, 0.2) is 11.6 Å². The van der Waals surface area contributed by atoms with Crippen LogP contribution in [-0.2, 0) is 0 Å². The first-order valence-electron chi connectivity index (χ1n) is 9.33. The van der Waals surface area contributed by atoms with Gasteiger partial charge in [-0.3, -0.25) is 0 Å². The van der Waals surface area contributed by atoms with E-state index in [9.17, 15) is 5.11 Å². The van der Waals surface area contributed by atoms with Crippen molar-refractivity contribution in [3.05, 3.63) is 11.6 Å². The van der Waals surface area contributed by atoms with Crippen LogP contribution in [0.5, 0.6) is 0 Å². The van der Waals surface area contributed by atoms with Crippen LogP contribution in [0.25, 0.3) is 0 Å². The van der Waals surface area contributed by atoms with Gasteiger partial charge in [-0.15, -0.1) is 0 Å². The van der Waals surface area contributed by atoms with E-state index in [0.29, 0.717) is 5.41 Å². The Labute approximate surface area is 130 Å². The maximum Gasteiger partial charge on any atom is 0.0596 e. The number of hydrogen-bond donors (Lipinski definition) is 1. The third-order valence-corrected chi connectivity index (χ3v) is 8.30. The molecule has 1 N–H and O–H groups in total. The first kappa shape index (κ1) is 14.3. The van der Waals surface area contributed by atoms with E-state index in [-0.39, 0.29) is 11.5 Å². The second-order valence-corrected chi connectivity index (χ2v) is 9.24. The van der Waals surface area contributed by atoms with E-state index in [4.69, 9.17) is 0 Å². The number of rotatable bonds is 0. The lowest BCUT2D eigenvalue weighted by atomic mass is 9.47. The predicted molar refractivity (Wildman–Crippen MR) is 86.9 cm³/mol. The zero-order valence-electron chi connectivity index (χ0n) is 14.1. The van der Waals surface area contributed by atoms with Gasteiger partial charge in [0.1, 0.15) is 0 Å². The van der Waals surface area contributed by atoms with Gasteiger partial charge in [-0.2, -0.15) is 0 Å². The van der Waals surface area contributed by atoms with Gasteiger partial charge >= 0.3 is 0 Å². The van der Waals surface area contributed by atoms with E-state index in [1.807, 2.05) is 0 Å². The molecule has 4 aliphatic carbocycles. The first-order valence-corrected chi connectivity index (χ1v) is 9.33. The minimum Gasteiger partial charge on any atom is -0.393 e. The van der Waals surface area contributed by atoms with Gasteiger partial charge in [0.05, 0.1) is 6.10 Å². The summed E-state index contributed by atoms with van der Waals surface area (Å²) in [5.41, 5.74) is 2.51. The second kappa shape index (κ2) is 4.60. The Morgan fingerprint density at radius 3 is 2.67 bits per heavy atom. The van der Waals surface area contributed by atoms with E-state index in [0.717, 1.165) is 30.1 Å². The molecule has 0 radical (unpaired) electrons. The Balaban J connectivity index is 1.68. The quantitative estimate of drug-likeness (QED) is 0.626. The molecule has 3 unspecified atom stereocenters. The van der Waals surface area contributed by atoms with Crippen LogP contribution < -0.4 is 0 Å². The fourth-order valence-electron chi connectivity index (χ4n) is 6.82. The SMILES string of the molecule is C[C@H]1CC[C@@]2(C)C(=CCC3C2CC[C@@]2(C)C3CC[C@H]2O)C1. The molecule has 21 heavy (non-hydrogen) atoms. The number of hydrogen-bond acceptors (Lipinski definition) is 1. The van der Waals surface area contributed by atoms with Crippen LogP contribution in [0.2, 0.25) is 0 Å². The Morgan fingerprint density at radius 1 is 1.05 bits per heavy atom. The predicted octanol–water partition coefficient (Wildman–Crippen LogP) is 4.95. The molecule has 0 aromatic heterocycles. The van der Waals surface area contributed by atoms with Crippen molar-refractivity contribution in [3.63, 3.8) is 0 Å². The summed E-state index contributed by atoms with van der Waals surface area (Å²) in [6, 6.07) is 0. The third-order valence-electron chi connectivity index (χ3n) is 8.30. The van der Waals surface area contributed by atoms with Crippen LogP contribution in [-0.4, -0.2) is 11.2 Å². The van der Waals surface area contributed by atoms with Crippen LogP contribution in [0.1, 0.15) is 72.1 Å². The van der Waals surface area contributed by atoms with Crippen LogP contribution in [0.4, 0.5) is 0 Å². The fraction of sp³-hybridized carbons (Fsp3) is 0.900. The molecule has 4 rings (SSSR count). The average Bonchev–Trinajstić information content (AvgIpc) is 2.76. The molecule has 7 atom stereocenters. The first-order chi connectivity index (χ1) is 9.95. The minimum atomic E-state index is -0.0342.